The van der Waals surface area contributed by atoms with Crippen LogP contribution in [0.1, 0.15) is 30.0 Å². The third kappa shape index (κ3) is 4.26. The summed E-state index contributed by atoms with van der Waals surface area (Å²) >= 11 is 0. The van der Waals surface area contributed by atoms with Gasteiger partial charge in [-0.25, -0.2) is 0 Å². The average molecular weight is 247 g/mol. The van der Waals surface area contributed by atoms with Gasteiger partial charge in [-0.1, -0.05) is 6.07 Å². The summed E-state index contributed by atoms with van der Waals surface area (Å²) in [4.78, 5) is 0. The van der Waals surface area contributed by atoms with Crippen LogP contribution in [0.5, 0.6) is 5.75 Å². The lowest BCUT2D eigenvalue weighted by Gasteiger charge is -2.16. The van der Waals surface area contributed by atoms with E-state index >= 15 is 0 Å². The Kier molecular flexibility index (Phi) is 4.40. The van der Waals surface area contributed by atoms with E-state index in [0.29, 0.717) is 5.75 Å². The summed E-state index contributed by atoms with van der Waals surface area (Å²) in [6.45, 7) is 1.81. The molecule has 1 rings (SSSR count). The Morgan fingerprint density at radius 1 is 1.35 bits per heavy atom. The molecule has 0 aliphatic carbocycles. The molecule has 1 atom stereocenters. The van der Waals surface area contributed by atoms with Crippen molar-refractivity contribution in [1.82, 2.24) is 0 Å². The molecule has 0 fully saturated rings. The Labute approximate surface area is 98.6 Å². The van der Waals surface area contributed by atoms with Crippen molar-refractivity contribution in [2.75, 3.05) is 7.11 Å². The first-order valence-corrected chi connectivity index (χ1v) is 5.30. The first-order valence-electron chi connectivity index (χ1n) is 5.30. The molecule has 2 nitrogen and oxygen atoms in total. The van der Waals surface area contributed by atoms with E-state index in [1.54, 1.807) is 18.2 Å². The Morgan fingerprint density at radius 2 is 2.00 bits per heavy atom. The maximum atomic E-state index is 12.1. The molecule has 96 valence electrons. The number of rotatable bonds is 4. The summed E-state index contributed by atoms with van der Waals surface area (Å²) in [6, 6.07) is 4.59. The Bertz CT molecular complexity index is 377. The van der Waals surface area contributed by atoms with E-state index in [2.05, 4.69) is 0 Å². The van der Waals surface area contributed by atoms with E-state index in [4.69, 9.17) is 10.5 Å². The van der Waals surface area contributed by atoms with Crippen LogP contribution in [0.15, 0.2) is 18.2 Å². The molecule has 0 radical (unpaired) electrons. The molecule has 0 aromatic heterocycles. The van der Waals surface area contributed by atoms with Gasteiger partial charge in [-0.3, -0.25) is 0 Å². The number of benzene rings is 1. The topological polar surface area (TPSA) is 35.2 Å². The highest BCUT2D eigenvalue weighted by molar-refractivity contribution is 5.36. The normalized spacial score (nSPS) is 13.5. The lowest BCUT2D eigenvalue weighted by Crippen LogP contribution is -2.16. The molecule has 1 aromatic rings. The minimum atomic E-state index is -4.15. The third-order valence-electron chi connectivity index (χ3n) is 2.62. The predicted molar refractivity (Wildman–Crippen MR) is 59.9 cm³/mol. The molecular weight excluding hydrogens is 231 g/mol. The van der Waals surface area contributed by atoms with Gasteiger partial charge in [0.2, 0.25) is 0 Å². The summed E-state index contributed by atoms with van der Waals surface area (Å²) in [7, 11) is 1.54. The molecule has 0 aliphatic rings. The van der Waals surface area contributed by atoms with Gasteiger partial charge in [0.05, 0.1) is 7.11 Å². The first-order chi connectivity index (χ1) is 7.83. The summed E-state index contributed by atoms with van der Waals surface area (Å²) in [5.41, 5.74) is 7.33. The maximum absolute atomic E-state index is 12.1. The fraction of sp³-hybridized carbons (Fsp3) is 0.500. The highest BCUT2D eigenvalue weighted by atomic mass is 19.4. The monoisotopic (exact) mass is 247 g/mol. The van der Waals surface area contributed by atoms with Crippen LogP contribution in [-0.4, -0.2) is 13.3 Å². The quantitative estimate of drug-likeness (QED) is 0.885. The van der Waals surface area contributed by atoms with Crippen LogP contribution in [0.25, 0.3) is 0 Å². The number of methoxy groups -OCH3 is 1. The van der Waals surface area contributed by atoms with Crippen molar-refractivity contribution >= 4 is 0 Å². The Hall–Kier alpha value is -1.23. The van der Waals surface area contributed by atoms with Crippen LogP contribution in [0.2, 0.25) is 0 Å². The van der Waals surface area contributed by atoms with Gasteiger partial charge in [0.25, 0.3) is 0 Å². The number of hydrogen-bond acceptors (Lipinski definition) is 2. The largest absolute Gasteiger partial charge is 0.497 e. The van der Waals surface area contributed by atoms with E-state index in [1.165, 1.54) is 7.11 Å². The van der Waals surface area contributed by atoms with E-state index in [0.717, 1.165) is 11.1 Å². The van der Waals surface area contributed by atoms with E-state index in [9.17, 15) is 13.2 Å². The number of aryl methyl sites for hydroxylation is 1. The van der Waals surface area contributed by atoms with E-state index < -0.39 is 18.6 Å². The molecule has 0 aliphatic heterocycles. The van der Waals surface area contributed by atoms with E-state index in [-0.39, 0.29) is 6.42 Å². The minimum absolute atomic E-state index is 0.101. The van der Waals surface area contributed by atoms with Crippen molar-refractivity contribution in [3.63, 3.8) is 0 Å². The number of ether oxygens (including phenoxy) is 1. The van der Waals surface area contributed by atoms with Crippen molar-refractivity contribution in [1.29, 1.82) is 0 Å². The molecule has 1 unspecified atom stereocenters. The van der Waals surface area contributed by atoms with Crippen molar-refractivity contribution in [3.05, 3.63) is 29.3 Å². The van der Waals surface area contributed by atoms with Gasteiger partial charge in [-0.05, 0) is 36.6 Å². The molecule has 0 heterocycles. The first kappa shape index (κ1) is 13.8. The maximum Gasteiger partial charge on any atom is 0.389 e. The number of halogens is 3. The van der Waals surface area contributed by atoms with Crippen LogP contribution in [-0.2, 0) is 0 Å². The minimum Gasteiger partial charge on any atom is -0.497 e. The molecule has 2 N–H and O–H groups in total. The van der Waals surface area contributed by atoms with E-state index in [1.807, 2.05) is 6.92 Å². The fourth-order valence-electron chi connectivity index (χ4n) is 1.67. The lowest BCUT2D eigenvalue weighted by atomic mass is 9.98. The summed E-state index contributed by atoms with van der Waals surface area (Å²) in [6.07, 6.45) is -5.12. The van der Waals surface area contributed by atoms with Gasteiger partial charge >= 0.3 is 6.18 Å². The molecule has 0 saturated heterocycles. The molecule has 0 bridgehead atoms. The zero-order chi connectivity index (χ0) is 13.1. The molecule has 0 saturated carbocycles. The number of hydrogen-bond donors (Lipinski definition) is 1. The van der Waals surface area contributed by atoms with Crippen LogP contribution >= 0.6 is 0 Å². The van der Waals surface area contributed by atoms with Crippen molar-refractivity contribution in [3.8, 4) is 5.75 Å². The summed E-state index contributed by atoms with van der Waals surface area (Å²) in [5.74, 6) is 0.675. The van der Waals surface area contributed by atoms with Gasteiger partial charge in [0.1, 0.15) is 5.75 Å². The molecule has 5 heteroatoms. The van der Waals surface area contributed by atoms with Crippen LogP contribution in [0, 0.1) is 6.92 Å². The zero-order valence-corrected chi connectivity index (χ0v) is 9.84. The summed E-state index contributed by atoms with van der Waals surface area (Å²) in [5, 5.41) is 0. The second-order valence-corrected chi connectivity index (χ2v) is 3.98. The Morgan fingerprint density at radius 3 is 2.47 bits per heavy atom. The van der Waals surface area contributed by atoms with Gasteiger partial charge in [0, 0.05) is 12.5 Å². The van der Waals surface area contributed by atoms with Gasteiger partial charge in [-0.2, -0.15) is 13.2 Å². The third-order valence-corrected chi connectivity index (χ3v) is 2.62. The van der Waals surface area contributed by atoms with Crippen LogP contribution in [0.4, 0.5) is 13.2 Å². The smallest absolute Gasteiger partial charge is 0.389 e. The highest BCUT2D eigenvalue weighted by Gasteiger charge is 2.28. The number of alkyl halides is 3. The van der Waals surface area contributed by atoms with Crippen molar-refractivity contribution in [2.24, 2.45) is 5.73 Å². The van der Waals surface area contributed by atoms with Gasteiger partial charge in [0.15, 0.2) is 0 Å². The number of nitrogens with two attached hydrogens (primary N) is 1. The standard InChI is InChI=1S/C12H16F3NO/c1-8-7-9(17-2)3-4-10(8)11(16)5-6-12(13,14)15/h3-4,7,11H,5-6,16H2,1-2H3. The van der Waals surface area contributed by atoms with Gasteiger partial charge in [-0.15, -0.1) is 0 Å². The highest BCUT2D eigenvalue weighted by Crippen LogP contribution is 2.28. The fourth-order valence-corrected chi connectivity index (χ4v) is 1.67. The van der Waals surface area contributed by atoms with Crippen LogP contribution in [0.3, 0.4) is 0 Å². The SMILES string of the molecule is COc1ccc(C(N)CCC(F)(F)F)c(C)c1. The molecular formula is C12H16F3NO. The second kappa shape index (κ2) is 5.40. The van der Waals surface area contributed by atoms with Crippen molar-refractivity contribution < 1.29 is 17.9 Å². The molecule has 0 spiro atoms. The average Bonchev–Trinajstić information content (AvgIpc) is 2.24. The molecule has 1 aromatic carbocycles. The van der Waals surface area contributed by atoms with Crippen LogP contribution < -0.4 is 10.5 Å². The Balaban J connectivity index is 2.72. The molecule has 17 heavy (non-hydrogen) atoms. The summed E-state index contributed by atoms with van der Waals surface area (Å²) < 4.78 is 41.2. The lowest BCUT2D eigenvalue weighted by molar-refractivity contribution is -0.136. The second-order valence-electron chi connectivity index (χ2n) is 3.98. The van der Waals surface area contributed by atoms with Crippen molar-refractivity contribution in [2.45, 2.75) is 32.0 Å². The predicted octanol–water partition coefficient (Wildman–Crippen LogP) is 3.35. The zero-order valence-electron chi connectivity index (χ0n) is 9.84. The van der Waals surface area contributed by atoms with Gasteiger partial charge < -0.3 is 10.5 Å². The molecule has 0 amide bonds.